The van der Waals surface area contributed by atoms with E-state index in [9.17, 15) is 10.2 Å². The number of terminal acetylenes is 1. The van der Waals surface area contributed by atoms with Crippen molar-refractivity contribution in [2.45, 2.75) is 76.0 Å². The molecule has 4 aliphatic rings. The number of hydrogen-bond donors (Lipinski definition) is 2. The molecular weight excluding hydrogens is 696 g/mol. The lowest BCUT2D eigenvalue weighted by Crippen LogP contribution is -2.55. The Morgan fingerprint density at radius 3 is 2.69 bits per heavy atom. The number of phenols is 1. The lowest BCUT2D eigenvalue weighted by molar-refractivity contribution is -0.0266. The Bertz CT molecular complexity index is 2100. The molecule has 54 heavy (non-hydrogen) atoms. The number of aromatic nitrogens is 3. The van der Waals surface area contributed by atoms with E-state index in [-0.39, 0.29) is 81.7 Å². The number of hydrogen-bond acceptors (Lipinski definition) is 11. The number of nitrogens with zero attached hydrogens (tertiary/aromatic N) is 5. The second-order valence-corrected chi connectivity index (χ2v) is 15.6. The Hall–Kier alpha value is -4.35. The maximum atomic E-state index is 17.3. The molecule has 1 saturated carbocycles. The summed E-state index contributed by atoms with van der Waals surface area (Å²) in [5.74, 6) is 0.945. The van der Waals surface area contributed by atoms with E-state index < -0.39 is 17.2 Å². The van der Waals surface area contributed by atoms with Crippen molar-refractivity contribution in [1.29, 1.82) is 0 Å². The number of anilines is 1. The summed E-state index contributed by atoms with van der Waals surface area (Å²) in [6, 6.07) is 6.22. The van der Waals surface area contributed by atoms with E-state index in [4.69, 9.17) is 35.3 Å². The lowest BCUT2D eigenvalue weighted by Gasteiger charge is -2.49. The number of piperidine rings is 1. The predicted molar refractivity (Wildman–Crippen MR) is 200 cm³/mol. The molecule has 5 heterocycles. The predicted octanol–water partition coefficient (Wildman–Crippen LogP) is 5.99. The summed E-state index contributed by atoms with van der Waals surface area (Å²) in [6.07, 6.45) is 14.2. The third kappa shape index (κ3) is 6.67. The molecule has 0 bridgehead atoms. The summed E-state index contributed by atoms with van der Waals surface area (Å²) in [5, 5.41) is 22.7. The number of halogens is 2. The third-order valence-corrected chi connectivity index (χ3v) is 11.8. The van der Waals surface area contributed by atoms with E-state index in [0.717, 1.165) is 71.1 Å². The van der Waals surface area contributed by atoms with E-state index >= 15 is 8.78 Å². The lowest BCUT2D eigenvalue weighted by atomic mass is 9.74. The molecule has 2 aromatic carbocycles. The zero-order valence-corrected chi connectivity index (χ0v) is 30.9. The SMILES string of the molecule is C#Cc1c(F)ccc2cc(O)cc(-c3nc(OC)c4c(N5CCOC[C@@](C)(O)C5)nc(OC[C@]56CCC[C@H]5N([C@H]5CCCOCC5)CCC6)nc4c3F)c12. The van der Waals surface area contributed by atoms with Crippen molar-refractivity contribution in [3.05, 3.63) is 41.5 Å². The average Bonchev–Trinajstić information content (AvgIpc) is 3.28. The van der Waals surface area contributed by atoms with Gasteiger partial charge in [0, 0.05) is 48.2 Å². The normalized spacial score (nSPS) is 26.6. The van der Waals surface area contributed by atoms with Crippen molar-refractivity contribution in [2.75, 3.05) is 64.7 Å². The van der Waals surface area contributed by atoms with Crippen LogP contribution in [0, 0.1) is 29.4 Å². The first kappa shape index (κ1) is 36.6. The molecule has 4 atom stereocenters. The molecule has 13 heteroatoms. The van der Waals surface area contributed by atoms with Crippen LogP contribution in [0.3, 0.4) is 0 Å². The summed E-state index contributed by atoms with van der Waals surface area (Å²) >= 11 is 0. The highest BCUT2D eigenvalue weighted by atomic mass is 19.1. The highest BCUT2D eigenvalue weighted by Crippen LogP contribution is 2.50. The number of ether oxygens (including phenoxy) is 4. The second kappa shape index (κ2) is 14.7. The molecule has 4 fully saturated rings. The minimum absolute atomic E-state index is 0.00679. The molecule has 11 nitrogen and oxygen atoms in total. The Morgan fingerprint density at radius 1 is 1.00 bits per heavy atom. The fourth-order valence-corrected chi connectivity index (χ4v) is 9.46. The topological polar surface area (TPSA) is 123 Å². The van der Waals surface area contributed by atoms with Gasteiger partial charge >= 0.3 is 6.01 Å². The minimum Gasteiger partial charge on any atom is -0.508 e. The summed E-state index contributed by atoms with van der Waals surface area (Å²) < 4.78 is 56.3. The number of rotatable bonds is 7. The van der Waals surface area contributed by atoms with E-state index in [1.165, 1.54) is 31.4 Å². The molecule has 0 radical (unpaired) electrons. The van der Waals surface area contributed by atoms with Gasteiger partial charge in [-0.05, 0) is 82.0 Å². The van der Waals surface area contributed by atoms with Crippen molar-refractivity contribution in [3.8, 4) is 41.2 Å². The molecule has 0 amide bonds. The maximum Gasteiger partial charge on any atom is 0.319 e. The first-order chi connectivity index (χ1) is 26.1. The molecule has 2 N–H and O–H groups in total. The van der Waals surface area contributed by atoms with Gasteiger partial charge in [0.1, 0.15) is 39.6 Å². The summed E-state index contributed by atoms with van der Waals surface area (Å²) in [4.78, 5) is 18.7. The second-order valence-electron chi connectivity index (χ2n) is 15.6. The van der Waals surface area contributed by atoms with Crippen LogP contribution < -0.4 is 14.4 Å². The smallest absolute Gasteiger partial charge is 0.319 e. The van der Waals surface area contributed by atoms with Crippen molar-refractivity contribution in [1.82, 2.24) is 19.9 Å². The Balaban J connectivity index is 1.26. The van der Waals surface area contributed by atoms with Gasteiger partial charge in [-0.15, -0.1) is 6.42 Å². The Morgan fingerprint density at radius 2 is 1.85 bits per heavy atom. The van der Waals surface area contributed by atoms with E-state index in [0.29, 0.717) is 30.6 Å². The number of β-amino-alcohol motifs (C(OH)–C–C–N with tert-alkyl or cyclic N) is 1. The van der Waals surface area contributed by atoms with Crippen LogP contribution in [0.4, 0.5) is 14.6 Å². The van der Waals surface area contributed by atoms with Crippen LogP contribution in [0.1, 0.15) is 63.9 Å². The number of aliphatic hydroxyl groups is 1. The number of aromatic hydroxyl groups is 1. The monoisotopic (exact) mass is 743 g/mol. The first-order valence-electron chi connectivity index (χ1n) is 19.0. The van der Waals surface area contributed by atoms with Gasteiger partial charge in [0.05, 0.1) is 39.0 Å². The van der Waals surface area contributed by atoms with E-state index in [2.05, 4.69) is 15.8 Å². The van der Waals surface area contributed by atoms with Crippen molar-refractivity contribution in [3.63, 3.8) is 0 Å². The van der Waals surface area contributed by atoms with E-state index in [1.807, 2.05) is 4.90 Å². The molecule has 3 saturated heterocycles. The quantitative estimate of drug-likeness (QED) is 0.217. The van der Waals surface area contributed by atoms with Crippen LogP contribution >= 0.6 is 0 Å². The molecule has 3 aliphatic heterocycles. The van der Waals surface area contributed by atoms with Crippen LogP contribution in [0.15, 0.2) is 24.3 Å². The molecule has 0 unspecified atom stereocenters. The fraction of sp³-hybridized carbons (Fsp3) is 0.537. The number of benzene rings is 2. The number of phenolic OH excluding ortho intramolecular Hbond substituents is 1. The van der Waals surface area contributed by atoms with Gasteiger partial charge in [-0.3, -0.25) is 4.90 Å². The Labute approximate surface area is 313 Å². The fourth-order valence-electron chi connectivity index (χ4n) is 9.46. The highest BCUT2D eigenvalue weighted by Gasteiger charge is 2.50. The number of likely N-dealkylation sites (tertiary alicyclic amines) is 1. The molecule has 4 aromatic rings. The van der Waals surface area contributed by atoms with Crippen LogP contribution in [0.5, 0.6) is 17.6 Å². The highest BCUT2D eigenvalue weighted by molar-refractivity contribution is 6.04. The largest absolute Gasteiger partial charge is 0.508 e. The molecule has 286 valence electrons. The minimum atomic E-state index is -1.24. The van der Waals surface area contributed by atoms with Crippen molar-refractivity contribution >= 4 is 27.5 Å². The molecule has 0 spiro atoms. The molecule has 1 aliphatic carbocycles. The van der Waals surface area contributed by atoms with Crippen LogP contribution in [0.2, 0.25) is 0 Å². The standard InChI is InChI=1S/C41H47F2N5O6/c1-4-28-30(42)11-10-25-20-27(49)21-29(32(25)28)35-34(43)36-33(38(44-35)51-3)37(47-16-19-53-23-40(2,50)22-47)46-39(45-36)54-24-41-13-5-9-31(41)48(15-7-14-41)26-8-6-17-52-18-12-26/h1,10-11,20-21,26,31,49-50H,5-9,12-19,22-24H2,2-3H3/t26-,31+,40-,41+/m0/s1. The van der Waals surface area contributed by atoms with Crippen LogP contribution in [-0.4, -0.2) is 108 Å². The number of pyridine rings is 1. The van der Waals surface area contributed by atoms with Gasteiger partial charge < -0.3 is 34.1 Å². The third-order valence-electron chi connectivity index (χ3n) is 11.8. The van der Waals surface area contributed by atoms with Gasteiger partial charge in [-0.1, -0.05) is 18.4 Å². The van der Waals surface area contributed by atoms with Crippen LogP contribution in [-0.2, 0) is 9.47 Å². The molecule has 2 aromatic heterocycles. The number of fused-ring (bicyclic) bond motifs is 3. The summed E-state index contributed by atoms with van der Waals surface area (Å²) in [6.45, 7) is 5.54. The van der Waals surface area contributed by atoms with Gasteiger partial charge in [-0.2, -0.15) is 9.97 Å². The maximum absolute atomic E-state index is 17.3. The number of methoxy groups -OCH3 is 1. The van der Waals surface area contributed by atoms with Gasteiger partial charge in [-0.25, -0.2) is 13.8 Å². The molecule has 8 rings (SSSR count). The van der Waals surface area contributed by atoms with Crippen molar-refractivity contribution < 1.29 is 37.9 Å². The molecular formula is C41H47F2N5O6. The zero-order chi connectivity index (χ0) is 37.6. The van der Waals surface area contributed by atoms with Gasteiger partial charge in [0.2, 0.25) is 5.88 Å². The van der Waals surface area contributed by atoms with Gasteiger partial charge in [0.25, 0.3) is 0 Å². The van der Waals surface area contributed by atoms with Gasteiger partial charge in [0.15, 0.2) is 5.82 Å². The first-order valence-corrected chi connectivity index (χ1v) is 19.0. The van der Waals surface area contributed by atoms with Crippen LogP contribution in [0.25, 0.3) is 32.9 Å². The average molecular weight is 744 g/mol. The summed E-state index contributed by atoms with van der Waals surface area (Å²) in [5.41, 5.74) is -1.75. The zero-order valence-electron chi connectivity index (χ0n) is 30.9. The summed E-state index contributed by atoms with van der Waals surface area (Å²) in [7, 11) is 1.40. The Kier molecular flexibility index (Phi) is 9.98. The van der Waals surface area contributed by atoms with E-state index in [1.54, 1.807) is 6.92 Å². The van der Waals surface area contributed by atoms with Crippen molar-refractivity contribution in [2.24, 2.45) is 5.41 Å².